The summed E-state index contributed by atoms with van der Waals surface area (Å²) in [4.78, 5) is 13.0. The van der Waals surface area contributed by atoms with Crippen LogP contribution in [0.25, 0.3) is 16.0 Å². The van der Waals surface area contributed by atoms with Crippen LogP contribution in [0.1, 0.15) is 10.4 Å². The number of benzene rings is 12. The van der Waals surface area contributed by atoms with E-state index in [1.807, 2.05) is 24.3 Å². The number of nitrogens with two attached hydrogens (primary N) is 1. The van der Waals surface area contributed by atoms with Gasteiger partial charge in [0.25, 0.3) is 0 Å². The van der Waals surface area contributed by atoms with Gasteiger partial charge in [0.1, 0.15) is 32.3 Å². The molecular formula is C77H64Br8Cl3CuN4NaO2Si4. The van der Waals surface area contributed by atoms with Gasteiger partial charge in [-0.2, -0.15) is 0 Å². The van der Waals surface area contributed by atoms with Crippen molar-refractivity contribution in [2.24, 2.45) is 0 Å². The van der Waals surface area contributed by atoms with Crippen LogP contribution in [0.2, 0.25) is 31.2 Å². The van der Waals surface area contributed by atoms with E-state index < -0.39 is 38.3 Å². The van der Waals surface area contributed by atoms with E-state index in [2.05, 4.69) is 447 Å². The Labute approximate surface area is 700 Å². The van der Waals surface area contributed by atoms with Gasteiger partial charge in [-0.25, -0.2) is 4.79 Å². The number of rotatable bonds is 13. The zero-order valence-electron chi connectivity index (χ0n) is 54.5. The van der Waals surface area contributed by atoms with Crippen molar-refractivity contribution in [1.29, 1.82) is 0 Å². The summed E-state index contributed by atoms with van der Waals surface area (Å²) in [5.74, 6) is -0.951. The van der Waals surface area contributed by atoms with Crippen LogP contribution in [0.4, 0.5) is 5.69 Å². The summed E-state index contributed by atoms with van der Waals surface area (Å²) in [5, 5.41) is 26.3. The van der Waals surface area contributed by atoms with Crippen molar-refractivity contribution in [1.82, 2.24) is 0 Å². The minimum atomic E-state index is -2.25. The Balaban J connectivity index is 0.000000204. The van der Waals surface area contributed by atoms with E-state index in [0.29, 0.717) is 14.0 Å². The molecule has 0 aromatic heterocycles. The summed E-state index contributed by atoms with van der Waals surface area (Å²) >= 11 is 35.6. The fourth-order valence-corrected chi connectivity index (χ4v) is 33.1. The number of nitrogen functional groups attached to an aromatic ring is 1. The maximum absolute atomic E-state index is 11.5. The average molecular weight is 2020 g/mol. The molecule has 0 amide bonds. The third-order valence-corrected chi connectivity index (χ3v) is 40.6. The van der Waals surface area contributed by atoms with Gasteiger partial charge in [-0.1, -0.05) is 312 Å². The molecule has 509 valence electrons. The number of carboxylic acid groups (broad SMARTS) is 1. The number of hydrogen-bond donors (Lipinski definition) is 2. The van der Waals surface area contributed by atoms with Crippen molar-refractivity contribution in [2.45, 2.75) is 26.2 Å². The van der Waals surface area contributed by atoms with E-state index in [9.17, 15) is 9.90 Å². The standard InChI is InChI=1S/C20H16Br2O2Si.C19H15Br2ClSi.C19H17Br2NSi.C19H16Br2Si.2ClH.Cu.N3.Na/c1-25(14-8-4-2-5-9-14,15-10-6-3-7-11-15)16-12-17(21)19(20(23)24)18(22)13-16;2*1-23(14-8-4-2-5-9-14,15-10-6-3-7-11-15)16-12-17(20)19(22)18(21)13-16;1-22(17-8-4-2-5-9-17,18-10-6-3-7-11-18)19-13-15(20)12-16(21)14-19;;;;1-3-2;/h2-13H,1H3,(H,23,24);2-13H,1H3;2-13H,22H2,1H3;2-14H,1H3;2*1H;;;/q;;;;;;+2;-1;+1/p-2. The molecule has 100 heavy (non-hydrogen) atoms. The molecule has 0 aliphatic heterocycles. The second-order valence-electron chi connectivity index (χ2n) is 22.9. The molecule has 0 atom stereocenters. The van der Waals surface area contributed by atoms with Crippen LogP contribution in [-0.2, 0) is 13.1 Å². The van der Waals surface area contributed by atoms with Crippen LogP contribution in [-0.4, -0.2) is 43.4 Å². The van der Waals surface area contributed by atoms with Crippen molar-refractivity contribution in [2.75, 3.05) is 5.73 Å². The van der Waals surface area contributed by atoms with Crippen molar-refractivity contribution in [3.8, 4) is 0 Å². The van der Waals surface area contributed by atoms with Gasteiger partial charge in [0.05, 0.1) is 16.3 Å². The van der Waals surface area contributed by atoms with Crippen molar-refractivity contribution >= 4 is 265 Å². The molecule has 0 heterocycles. The number of nitrogens with zero attached hydrogens (tertiary/aromatic N) is 3. The summed E-state index contributed by atoms with van der Waals surface area (Å²) in [6.07, 6.45) is 0. The Bertz CT molecular complexity index is 4260. The van der Waals surface area contributed by atoms with E-state index in [1.54, 1.807) is 0 Å². The molecule has 0 unspecified atom stereocenters. The normalized spacial score (nSPS) is 10.9. The summed E-state index contributed by atoms with van der Waals surface area (Å²) < 4.78 is 7.14. The third-order valence-electron chi connectivity index (χ3n) is 17.3. The quantitative estimate of drug-likeness (QED) is 0.0227. The molecule has 12 rings (SSSR count). The van der Waals surface area contributed by atoms with Gasteiger partial charge in [0, 0.05) is 35.8 Å². The Morgan fingerprint density at radius 3 is 0.710 bits per heavy atom. The second-order valence-corrected chi connectivity index (χ2v) is 47.8. The molecule has 0 fully saturated rings. The zero-order valence-corrected chi connectivity index (χ0v) is 76.4. The number of halogens is 11. The molecule has 0 saturated heterocycles. The molecule has 12 aromatic carbocycles. The Hall–Kier alpha value is -3.68. The first-order valence-corrected chi connectivity index (χ1v) is 49.6. The largest absolute Gasteiger partial charge is 1.00 e. The summed E-state index contributed by atoms with van der Waals surface area (Å²) in [5.41, 5.74) is 20.6. The third kappa shape index (κ3) is 21.3. The molecule has 0 aliphatic carbocycles. The average Bonchev–Trinajstić information content (AvgIpc) is 0.776. The first-order chi connectivity index (χ1) is 47.4. The Morgan fingerprint density at radius 2 is 0.520 bits per heavy atom. The molecular weight excluding hydrogens is 1960 g/mol. The number of aromatic carboxylic acids is 1. The van der Waals surface area contributed by atoms with Crippen LogP contribution in [0, 0.1) is 0 Å². The Morgan fingerprint density at radius 1 is 0.350 bits per heavy atom. The number of carbonyl (C=O) groups is 1. The molecule has 0 spiro atoms. The van der Waals surface area contributed by atoms with Gasteiger partial charge in [-0.05, 0) is 212 Å². The zero-order chi connectivity index (χ0) is 71.9. The van der Waals surface area contributed by atoms with Gasteiger partial charge >= 0.3 is 68.9 Å². The van der Waals surface area contributed by atoms with Crippen molar-refractivity contribution in [3.05, 3.63) is 360 Å². The van der Waals surface area contributed by atoms with Crippen LogP contribution >= 0.6 is 159 Å². The molecule has 12 aromatic rings. The monoisotopic (exact) mass is 2010 g/mol. The molecule has 0 aliphatic rings. The van der Waals surface area contributed by atoms with Crippen LogP contribution in [0.5, 0.6) is 0 Å². The van der Waals surface area contributed by atoms with Crippen LogP contribution in [0.3, 0.4) is 0 Å². The van der Waals surface area contributed by atoms with E-state index in [-0.39, 0.29) is 35.1 Å². The second kappa shape index (κ2) is 41.3. The topological polar surface area (TPSA) is 122 Å². The predicted molar refractivity (Wildman–Crippen MR) is 459 cm³/mol. The predicted octanol–water partition coefficient (Wildman–Crippen LogP) is 16.4. The minimum Gasteiger partial charge on any atom is -0.373 e. The van der Waals surface area contributed by atoms with E-state index in [4.69, 9.17) is 28.4 Å². The molecule has 0 bridgehead atoms. The first kappa shape index (κ1) is 85.2. The van der Waals surface area contributed by atoms with Crippen LogP contribution < -0.4 is 97.5 Å². The van der Waals surface area contributed by atoms with E-state index >= 15 is 0 Å². The fourth-order valence-electron chi connectivity index (χ4n) is 11.8. The number of carboxylic acids is 1. The minimum absolute atomic E-state index is 0. The van der Waals surface area contributed by atoms with Gasteiger partial charge < -0.3 is 21.9 Å². The maximum Gasteiger partial charge on any atom is 1.00 e. The van der Waals surface area contributed by atoms with Crippen molar-refractivity contribution < 1.29 is 52.6 Å². The van der Waals surface area contributed by atoms with Crippen LogP contribution in [0.15, 0.2) is 333 Å². The molecule has 23 heteroatoms. The molecule has 3 N–H and O–H groups in total. The van der Waals surface area contributed by atoms with Gasteiger partial charge in [0.15, 0.2) is 0 Å². The first-order valence-electron chi connectivity index (χ1n) is 30.3. The molecule has 0 saturated carbocycles. The van der Waals surface area contributed by atoms with E-state index in [0.717, 1.165) is 50.8 Å². The molecule has 6 nitrogen and oxygen atoms in total. The van der Waals surface area contributed by atoms with E-state index in [1.165, 1.54) is 62.0 Å². The number of hydrogen-bond acceptors (Lipinski definition) is 2. The summed E-state index contributed by atoms with van der Waals surface area (Å²) in [7, 11) is 0.928. The Kier molecular flexibility index (Phi) is 35.2. The van der Waals surface area contributed by atoms with Gasteiger partial charge in [0.2, 0.25) is 0 Å². The smallest absolute Gasteiger partial charge is 0.373 e. The number of anilines is 1. The SMILES string of the molecule is C[Si](c1ccccc1)(c1ccccc1)c1cc(Br)c(C(=O)O)c(Br)c1.C[Si](c1ccccc1)(c1ccccc1)c1cc(Br)c(Cl)c(Br)c1.C[Si](c1ccccc1)(c1ccccc1)c1cc(Br)c(N)c(Br)c1.C[Si](c1ccccc1)(c1ccccc1)c1cc(Br)cc(Br)c1.[Cl][Cu][Cl].[N-]=[N+]=[N-].[Na+]. The summed E-state index contributed by atoms with van der Waals surface area (Å²) in [6.45, 7) is 9.50. The van der Waals surface area contributed by atoms with Gasteiger partial charge in [-0.15, -0.1) is 0 Å². The molecule has 0 radical (unpaired) electrons. The maximum atomic E-state index is 11.5. The summed E-state index contributed by atoms with van der Waals surface area (Å²) in [6, 6.07) is 105. The van der Waals surface area contributed by atoms with Gasteiger partial charge in [-0.3, -0.25) is 4.91 Å². The fraction of sp³-hybridized carbons (Fsp3) is 0.0519. The van der Waals surface area contributed by atoms with Crippen molar-refractivity contribution in [3.63, 3.8) is 0 Å².